The van der Waals surface area contributed by atoms with Crippen LogP contribution in [0.2, 0.25) is 0 Å². The number of aliphatic hydroxyl groups is 1. The molecule has 1 aromatic heterocycles. The molecule has 0 bridgehead atoms. The summed E-state index contributed by atoms with van der Waals surface area (Å²) in [5, 5.41) is 11.8. The van der Waals surface area contributed by atoms with E-state index >= 15 is 0 Å². The summed E-state index contributed by atoms with van der Waals surface area (Å²) in [6.45, 7) is 8.80. The molecule has 0 unspecified atom stereocenters. The molecule has 200 valence electrons. The van der Waals surface area contributed by atoms with Crippen LogP contribution in [0.5, 0.6) is 11.5 Å². The van der Waals surface area contributed by atoms with Gasteiger partial charge >= 0.3 is 5.91 Å². The van der Waals surface area contributed by atoms with E-state index in [4.69, 9.17) is 14.5 Å². The Labute approximate surface area is 231 Å². The summed E-state index contributed by atoms with van der Waals surface area (Å²) in [6, 6.07) is 19.2. The third kappa shape index (κ3) is 4.88. The van der Waals surface area contributed by atoms with Crippen LogP contribution in [-0.2, 0) is 15.0 Å². The van der Waals surface area contributed by atoms with Gasteiger partial charge in [0, 0.05) is 5.56 Å². The number of Topliss-reactive ketones (excluding diaryl/α,β-unsaturated/α-hetero) is 1. The van der Waals surface area contributed by atoms with Gasteiger partial charge in [0.25, 0.3) is 5.78 Å². The van der Waals surface area contributed by atoms with Gasteiger partial charge in [0.1, 0.15) is 17.3 Å². The van der Waals surface area contributed by atoms with Crippen LogP contribution in [0.4, 0.5) is 5.13 Å². The minimum atomic E-state index is -0.854. The van der Waals surface area contributed by atoms with Crippen LogP contribution in [0.15, 0.2) is 72.3 Å². The second kappa shape index (κ2) is 10.2. The molecule has 1 atom stereocenters. The predicted octanol–water partition coefficient (Wildman–Crippen LogP) is 6.63. The third-order valence-corrected chi connectivity index (χ3v) is 7.78. The smallest absolute Gasteiger partial charge is 0.301 e. The van der Waals surface area contributed by atoms with Crippen LogP contribution < -0.4 is 14.4 Å². The maximum Gasteiger partial charge on any atom is 0.301 e. The molecule has 7 nitrogen and oxygen atoms in total. The minimum Gasteiger partial charge on any atom is -0.507 e. The molecule has 0 saturated carbocycles. The summed E-state index contributed by atoms with van der Waals surface area (Å²) in [6.07, 6.45) is 0. The first-order valence-electron chi connectivity index (χ1n) is 12.7. The largest absolute Gasteiger partial charge is 0.507 e. The van der Waals surface area contributed by atoms with Crippen molar-refractivity contribution in [1.29, 1.82) is 0 Å². The monoisotopic (exact) mass is 542 g/mol. The summed E-state index contributed by atoms with van der Waals surface area (Å²) in [7, 11) is 1.55. The Morgan fingerprint density at radius 2 is 1.67 bits per heavy atom. The number of anilines is 1. The number of amides is 1. The van der Waals surface area contributed by atoms with Crippen molar-refractivity contribution in [2.45, 2.75) is 39.2 Å². The molecule has 0 spiro atoms. The number of aliphatic hydroxyl groups excluding tert-OH is 1. The van der Waals surface area contributed by atoms with E-state index in [2.05, 4.69) is 20.8 Å². The molecular weight excluding hydrogens is 512 g/mol. The number of carbonyl (C=O) groups is 2. The van der Waals surface area contributed by atoms with Crippen LogP contribution in [0.3, 0.4) is 0 Å². The van der Waals surface area contributed by atoms with Crippen LogP contribution >= 0.6 is 11.3 Å². The summed E-state index contributed by atoms with van der Waals surface area (Å²) >= 11 is 1.30. The second-order valence-electron chi connectivity index (χ2n) is 10.3. The highest BCUT2D eigenvalue weighted by molar-refractivity contribution is 7.22. The molecule has 3 aromatic carbocycles. The minimum absolute atomic E-state index is 0.0166. The molecule has 4 aromatic rings. The SMILES string of the molecule is CCOc1ccc2nc(N3C(=O)C(=O)/C(=C(/O)c4ccc(OC)cc4)[C@H]3c3ccc(C(C)(C)C)cc3)sc2c1. The average Bonchev–Trinajstić information content (AvgIpc) is 3.45. The number of ether oxygens (including phenoxy) is 2. The van der Waals surface area contributed by atoms with Gasteiger partial charge in [-0.2, -0.15) is 0 Å². The highest BCUT2D eigenvalue weighted by Crippen LogP contribution is 2.45. The molecule has 1 N–H and O–H groups in total. The lowest BCUT2D eigenvalue weighted by molar-refractivity contribution is -0.132. The molecule has 5 rings (SSSR count). The first-order chi connectivity index (χ1) is 18.6. The first-order valence-corrected chi connectivity index (χ1v) is 13.5. The number of rotatable bonds is 6. The molecular formula is C31H30N2O5S. The van der Waals surface area contributed by atoms with E-state index in [-0.39, 0.29) is 16.7 Å². The molecule has 1 saturated heterocycles. The lowest BCUT2D eigenvalue weighted by atomic mass is 9.85. The van der Waals surface area contributed by atoms with E-state index in [1.165, 1.54) is 16.2 Å². The van der Waals surface area contributed by atoms with Crippen molar-refractivity contribution in [3.63, 3.8) is 0 Å². The van der Waals surface area contributed by atoms with Crippen molar-refractivity contribution < 1.29 is 24.2 Å². The number of hydrogen-bond donors (Lipinski definition) is 1. The number of ketones is 1. The van der Waals surface area contributed by atoms with Crippen LogP contribution in [0, 0.1) is 0 Å². The van der Waals surface area contributed by atoms with E-state index in [0.717, 1.165) is 10.3 Å². The molecule has 0 aliphatic carbocycles. The van der Waals surface area contributed by atoms with Gasteiger partial charge in [-0.3, -0.25) is 14.5 Å². The Balaban J connectivity index is 1.68. The summed E-state index contributed by atoms with van der Waals surface area (Å²) in [4.78, 5) is 33.2. The summed E-state index contributed by atoms with van der Waals surface area (Å²) in [5.74, 6) is -0.428. The van der Waals surface area contributed by atoms with Gasteiger partial charge in [0.15, 0.2) is 5.13 Å². The Bertz CT molecular complexity index is 1580. The molecule has 8 heteroatoms. The Hall–Kier alpha value is -4.17. The zero-order valence-corrected chi connectivity index (χ0v) is 23.3. The normalized spacial score (nSPS) is 17.2. The number of nitrogens with zero attached hydrogens (tertiary/aromatic N) is 2. The van der Waals surface area contributed by atoms with Gasteiger partial charge in [-0.1, -0.05) is 56.4 Å². The Kier molecular flexibility index (Phi) is 6.91. The van der Waals surface area contributed by atoms with E-state index in [9.17, 15) is 14.7 Å². The van der Waals surface area contributed by atoms with E-state index < -0.39 is 17.7 Å². The molecule has 1 fully saturated rings. The van der Waals surface area contributed by atoms with Crippen molar-refractivity contribution in [2.24, 2.45) is 0 Å². The number of fused-ring (bicyclic) bond motifs is 1. The number of methoxy groups -OCH3 is 1. The van der Waals surface area contributed by atoms with Crippen LogP contribution in [-0.4, -0.2) is 35.5 Å². The van der Waals surface area contributed by atoms with E-state index in [1.807, 2.05) is 49.4 Å². The fraction of sp³-hybridized carbons (Fsp3) is 0.258. The molecule has 0 radical (unpaired) electrons. The third-order valence-electron chi connectivity index (χ3n) is 6.77. The van der Waals surface area contributed by atoms with Crippen molar-refractivity contribution in [3.05, 3.63) is 89.0 Å². The van der Waals surface area contributed by atoms with E-state index in [0.29, 0.717) is 39.9 Å². The molecule has 39 heavy (non-hydrogen) atoms. The Morgan fingerprint density at radius 1 is 1.00 bits per heavy atom. The van der Waals surface area contributed by atoms with Crippen LogP contribution in [0.1, 0.15) is 50.4 Å². The van der Waals surface area contributed by atoms with Gasteiger partial charge in [0.05, 0.1) is 35.5 Å². The molecule has 1 aliphatic rings. The summed E-state index contributed by atoms with van der Waals surface area (Å²) < 4.78 is 11.7. The number of hydrogen-bond acceptors (Lipinski definition) is 7. The zero-order valence-electron chi connectivity index (χ0n) is 22.5. The van der Waals surface area contributed by atoms with Crippen molar-refractivity contribution in [2.75, 3.05) is 18.6 Å². The fourth-order valence-corrected chi connectivity index (χ4v) is 5.69. The van der Waals surface area contributed by atoms with Gasteiger partial charge in [0.2, 0.25) is 0 Å². The quantitative estimate of drug-likeness (QED) is 0.167. The number of aromatic nitrogens is 1. The second-order valence-corrected chi connectivity index (χ2v) is 11.3. The number of carbonyl (C=O) groups excluding carboxylic acids is 2. The van der Waals surface area contributed by atoms with Gasteiger partial charge in [-0.05, 0) is 65.9 Å². The van der Waals surface area contributed by atoms with Crippen molar-refractivity contribution >= 4 is 44.1 Å². The molecule has 1 amide bonds. The molecule has 1 aliphatic heterocycles. The standard InChI is InChI=1S/C31H30N2O5S/c1-6-38-22-15-16-23-24(17-22)39-30(32-23)33-26(18-7-11-20(12-8-18)31(2,3)4)25(28(35)29(33)36)27(34)19-9-13-21(37-5)14-10-19/h7-17,26,34H,6H2,1-5H3/b27-25+/t26-/m1/s1. The maximum atomic E-state index is 13.6. The topological polar surface area (TPSA) is 89.0 Å². The lowest BCUT2D eigenvalue weighted by Crippen LogP contribution is -2.29. The number of thiazole rings is 1. The fourth-order valence-electron chi connectivity index (χ4n) is 4.67. The number of benzene rings is 3. The summed E-state index contributed by atoms with van der Waals surface area (Å²) in [5.41, 5.74) is 2.86. The van der Waals surface area contributed by atoms with Gasteiger partial charge in [-0.15, -0.1) is 0 Å². The van der Waals surface area contributed by atoms with Gasteiger partial charge < -0.3 is 14.6 Å². The average molecular weight is 543 g/mol. The first kappa shape index (κ1) is 26.4. The van der Waals surface area contributed by atoms with Crippen LogP contribution in [0.25, 0.3) is 16.0 Å². The van der Waals surface area contributed by atoms with Crippen molar-refractivity contribution in [1.82, 2.24) is 4.98 Å². The van der Waals surface area contributed by atoms with Crippen molar-refractivity contribution in [3.8, 4) is 11.5 Å². The lowest BCUT2D eigenvalue weighted by Gasteiger charge is -2.24. The maximum absolute atomic E-state index is 13.6. The highest BCUT2D eigenvalue weighted by Gasteiger charge is 2.48. The Morgan fingerprint density at radius 3 is 2.28 bits per heavy atom. The predicted molar refractivity (Wildman–Crippen MR) is 154 cm³/mol. The zero-order chi connectivity index (χ0) is 27.9. The highest BCUT2D eigenvalue weighted by atomic mass is 32.1. The van der Waals surface area contributed by atoms with Gasteiger partial charge in [-0.25, -0.2) is 4.98 Å². The molecule has 2 heterocycles. The van der Waals surface area contributed by atoms with E-state index in [1.54, 1.807) is 31.4 Å².